The molecule has 3 nitrogen and oxygen atoms in total. The molecule has 0 unspecified atom stereocenters. The normalized spacial score (nSPS) is 11.6. The Morgan fingerprint density at radius 3 is 2.50 bits per heavy atom. The molecule has 2 aromatic rings. The third kappa shape index (κ3) is 2.66. The van der Waals surface area contributed by atoms with Crippen molar-refractivity contribution in [2.45, 2.75) is 26.2 Å². The van der Waals surface area contributed by atoms with Crippen LogP contribution in [0.15, 0.2) is 16.8 Å². The Balaban J connectivity index is 2.64. The highest BCUT2D eigenvalue weighted by Gasteiger charge is 2.23. The zero-order chi connectivity index (χ0) is 13.3. The van der Waals surface area contributed by atoms with Crippen LogP contribution in [-0.4, -0.2) is 17.0 Å². The number of nitrogens with one attached hydrogen (secondary N) is 1. The summed E-state index contributed by atoms with van der Waals surface area (Å²) < 4.78 is 1.10. The highest BCUT2D eigenvalue weighted by Crippen LogP contribution is 2.31. The molecule has 0 bridgehead atoms. The average molecular weight is 373 g/mol. The topological polar surface area (TPSA) is 37.8 Å². The minimum absolute atomic E-state index is 0.00976. The van der Waals surface area contributed by atoms with Crippen LogP contribution < -0.4 is 5.32 Å². The van der Waals surface area contributed by atoms with Crippen molar-refractivity contribution in [2.24, 2.45) is 0 Å². The van der Waals surface area contributed by atoms with E-state index in [9.17, 15) is 0 Å². The molecule has 2 rings (SSSR count). The molecule has 1 N–H and O–H groups in total. The molecule has 96 valence electrons. The van der Waals surface area contributed by atoms with E-state index in [0.29, 0.717) is 0 Å². The number of nitrogens with zero attached hydrogens (tertiary/aromatic N) is 2. The van der Waals surface area contributed by atoms with E-state index in [-0.39, 0.29) is 5.41 Å². The second-order valence-corrected chi connectivity index (χ2v) is 6.93. The van der Waals surface area contributed by atoms with Crippen molar-refractivity contribution in [3.63, 3.8) is 0 Å². The van der Waals surface area contributed by atoms with Gasteiger partial charge in [-0.2, -0.15) is 11.3 Å². The number of hydrogen-bond acceptors (Lipinski definition) is 4. The molecular weight excluding hydrogens is 357 g/mol. The Bertz CT molecular complexity index is 544. The van der Waals surface area contributed by atoms with Crippen molar-refractivity contribution in [2.75, 3.05) is 12.4 Å². The van der Waals surface area contributed by atoms with Gasteiger partial charge in [-0.15, -0.1) is 0 Å². The van der Waals surface area contributed by atoms with Gasteiger partial charge in [-0.3, -0.25) is 0 Å². The Morgan fingerprint density at radius 1 is 1.28 bits per heavy atom. The summed E-state index contributed by atoms with van der Waals surface area (Å²) in [5.41, 5.74) is 2.18. The Kier molecular flexibility index (Phi) is 3.91. The lowest BCUT2D eigenvalue weighted by molar-refractivity contribution is 0.564. The summed E-state index contributed by atoms with van der Waals surface area (Å²) in [4.78, 5) is 9.33. The first-order valence-electron chi connectivity index (χ1n) is 5.72. The molecular formula is C13H16IN3S. The van der Waals surface area contributed by atoms with Crippen LogP contribution in [0.5, 0.6) is 0 Å². The first-order valence-corrected chi connectivity index (χ1v) is 7.74. The van der Waals surface area contributed by atoms with Crippen LogP contribution in [0.3, 0.4) is 0 Å². The van der Waals surface area contributed by atoms with Crippen LogP contribution in [-0.2, 0) is 5.41 Å². The number of thiophene rings is 1. The summed E-state index contributed by atoms with van der Waals surface area (Å²) in [6, 6.07) is 2.05. The van der Waals surface area contributed by atoms with Gasteiger partial charge in [0.15, 0.2) is 5.82 Å². The van der Waals surface area contributed by atoms with Crippen LogP contribution in [0, 0.1) is 3.57 Å². The van der Waals surface area contributed by atoms with Crippen LogP contribution in [0.25, 0.3) is 11.4 Å². The molecule has 0 radical (unpaired) electrons. The molecule has 0 aliphatic heterocycles. The Labute approximate surface area is 125 Å². The molecule has 0 saturated heterocycles. The van der Waals surface area contributed by atoms with Gasteiger partial charge in [0.2, 0.25) is 0 Å². The monoisotopic (exact) mass is 373 g/mol. The van der Waals surface area contributed by atoms with Gasteiger partial charge in [-0.05, 0) is 34.0 Å². The quantitative estimate of drug-likeness (QED) is 0.804. The van der Waals surface area contributed by atoms with E-state index in [0.717, 1.165) is 26.5 Å². The molecule has 2 heterocycles. The first kappa shape index (κ1) is 13.7. The van der Waals surface area contributed by atoms with Gasteiger partial charge < -0.3 is 5.32 Å². The summed E-state index contributed by atoms with van der Waals surface area (Å²) in [7, 11) is 1.90. The minimum atomic E-state index is 0.00976. The van der Waals surface area contributed by atoms with E-state index in [1.54, 1.807) is 11.3 Å². The molecule has 2 aromatic heterocycles. The third-order valence-corrected chi connectivity index (χ3v) is 4.28. The summed E-state index contributed by atoms with van der Waals surface area (Å²) in [6.07, 6.45) is 0. The van der Waals surface area contributed by atoms with Gasteiger partial charge in [-0.25, -0.2) is 9.97 Å². The SMILES string of the molecule is CNc1nc(-c2ccsc2)nc(C(C)(C)C)c1I. The predicted octanol–water partition coefficient (Wildman–Crippen LogP) is 4.15. The second-order valence-electron chi connectivity index (χ2n) is 5.07. The molecule has 0 fully saturated rings. The largest absolute Gasteiger partial charge is 0.372 e. The highest BCUT2D eigenvalue weighted by molar-refractivity contribution is 14.1. The molecule has 5 heteroatoms. The van der Waals surface area contributed by atoms with Crippen LogP contribution >= 0.6 is 33.9 Å². The number of anilines is 1. The van der Waals surface area contributed by atoms with Crippen molar-refractivity contribution < 1.29 is 0 Å². The zero-order valence-corrected chi connectivity index (χ0v) is 13.9. The van der Waals surface area contributed by atoms with Gasteiger partial charge in [0.1, 0.15) is 5.82 Å². The maximum atomic E-state index is 4.74. The standard InChI is InChI=1S/C13H16IN3S/c1-13(2,3)10-9(14)12(15-4)17-11(16-10)8-5-6-18-7-8/h5-7H,1-4H3,(H,15,16,17). The third-order valence-electron chi connectivity index (χ3n) is 2.58. The molecule has 0 aliphatic rings. The fourth-order valence-electron chi connectivity index (χ4n) is 1.63. The van der Waals surface area contributed by atoms with Crippen LogP contribution in [0.1, 0.15) is 26.5 Å². The van der Waals surface area contributed by atoms with E-state index in [1.165, 1.54) is 0 Å². The van der Waals surface area contributed by atoms with E-state index in [2.05, 4.69) is 65.1 Å². The van der Waals surface area contributed by atoms with Crippen molar-refractivity contribution in [1.82, 2.24) is 9.97 Å². The maximum absolute atomic E-state index is 4.74. The Hall–Kier alpha value is -0.690. The van der Waals surface area contributed by atoms with E-state index >= 15 is 0 Å². The average Bonchev–Trinajstić information content (AvgIpc) is 2.81. The summed E-state index contributed by atoms with van der Waals surface area (Å²) >= 11 is 3.98. The number of aromatic nitrogens is 2. The first-order chi connectivity index (χ1) is 8.43. The predicted molar refractivity (Wildman–Crippen MR) is 86.3 cm³/mol. The summed E-state index contributed by atoms with van der Waals surface area (Å²) in [5, 5.41) is 7.28. The molecule has 0 spiro atoms. The number of hydrogen-bond donors (Lipinski definition) is 1. The summed E-state index contributed by atoms with van der Waals surface area (Å²) in [6.45, 7) is 6.52. The summed E-state index contributed by atoms with van der Waals surface area (Å²) in [5.74, 6) is 1.70. The highest BCUT2D eigenvalue weighted by atomic mass is 127. The minimum Gasteiger partial charge on any atom is -0.372 e. The van der Waals surface area contributed by atoms with Crippen molar-refractivity contribution >= 4 is 39.7 Å². The van der Waals surface area contributed by atoms with Gasteiger partial charge in [0.05, 0.1) is 9.26 Å². The van der Waals surface area contributed by atoms with Crippen molar-refractivity contribution in [3.8, 4) is 11.4 Å². The molecule has 0 atom stereocenters. The van der Waals surface area contributed by atoms with Crippen molar-refractivity contribution in [1.29, 1.82) is 0 Å². The number of halogens is 1. The van der Waals surface area contributed by atoms with Gasteiger partial charge in [0, 0.05) is 23.4 Å². The lowest BCUT2D eigenvalue weighted by atomic mass is 9.92. The smallest absolute Gasteiger partial charge is 0.162 e. The molecule has 0 aromatic carbocycles. The van der Waals surface area contributed by atoms with E-state index in [4.69, 9.17) is 4.98 Å². The molecule has 0 amide bonds. The fraction of sp³-hybridized carbons (Fsp3) is 0.385. The van der Waals surface area contributed by atoms with Crippen LogP contribution in [0.4, 0.5) is 5.82 Å². The molecule has 0 aliphatic carbocycles. The lowest BCUT2D eigenvalue weighted by Crippen LogP contribution is -2.18. The Morgan fingerprint density at radius 2 is 2.00 bits per heavy atom. The lowest BCUT2D eigenvalue weighted by Gasteiger charge is -2.21. The van der Waals surface area contributed by atoms with Crippen molar-refractivity contribution in [3.05, 3.63) is 26.1 Å². The fourth-order valence-corrected chi connectivity index (χ4v) is 3.58. The molecule has 18 heavy (non-hydrogen) atoms. The maximum Gasteiger partial charge on any atom is 0.162 e. The zero-order valence-electron chi connectivity index (χ0n) is 10.9. The van der Waals surface area contributed by atoms with Crippen LogP contribution in [0.2, 0.25) is 0 Å². The molecule has 0 saturated carbocycles. The van der Waals surface area contributed by atoms with Gasteiger partial charge >= 0.3 is 0 Å². The second kappa shape index (κ2) is 5.13. The van der Waals surface area contributed by atoms with Gasteiger partial charge in [0.25, 0.3) is 0 Å². The number of rotatable bonds is 2. The van der Waals surface area contributed by atoms with Gasteiger partial charge in [-0.1, -0.05) is 20.8 Å². The van der Waals surface area contributed by atoms with E-state index in [1.807, 2.05) is 12.4 Å². The van der Waals surface area contributed by atoms with E-state index < -0.39 is 0 Å².